The smallest absolute Gasteiger partial charge is 0.298 e. The van der Waals surface area contributed by atoms with Crippen LogP contribution in [0.2, 0.25) is 0 Å². The Bertz CT molecular complexity index is 1340. The third-order valence-corrected chi connectivity index (χ3v) is 5.78. The number of terminal acetylenes is 1. The van der Waals surface area contributed by atoms with E-state index in [1.54, 1.807) is 4.90 Å². The van der Waals surface area contributed by atoms with Gasteiger partial charge in [0.15, 0.2) is 5.65 Å². The molecule has 3 heterocycles. The number of carbonyl (C=O) groups is 1. The fraction of sp³-hybridized carbons (Fsp3) is 0.200. The minimum atomic E-state index is -0.306. The maximum Gasteiger partial charge on any atom is 0.298 e. The highest BCUT2D eigenvalue weighted by molar-refractivity contribution is 5.98. The van der Waals surface area contributed by atoms with Gasteiger partial charge in [-0.25, -0.2) is 14.6 Å². The predicted molar refractivity (Wildman–Crippen MR) is 125 cm³/mol. The summed E-state index contributed by atoms with van der Waals surface area (Å²) in [5, 5.41) is 5.57. The summed E-state index contributed by atoms with van der Waals surface area (Å²) >= 11 is 0. The van der Waals surface area contributed by atoms with Crippen LogP contribution in [0.15, 0.2) is 60.9 Å². The Morgan fingerprint density at radius 2 is 1.85 bits per heavy atom. The van der Waals surface area contributed by atoms with Gasteiger partial charge >= 0.3 is 0 Å². The number of piperidine rings is 1. The second kappa shape index (κ2) is 8.63. The topological polar surface area (TPSA) is 99.2 Å². The van der Waals surface area contributed by atoms with Gasteiger partial charge in [0.2, 0.25) is 0 Å². The van der Waals surface area contributed by atoms with E-state index in [0.29, 0.717) is 41.4 Å². The Morgan fingerprint density at radius 1 is 1.09 bits per heavy atom. The van der Waals surface area contributed by atoms with E-state index in [1.165, 1.54) is 6.33 Å². The molecule has 1 aliphatic rings. The summed E-state index contributed by atoms with van der Waals surface area (Å²) in [4.78, 5) is 22.4. The van der Waals surface area contributed by atoms with Gasteiger partial charge < -0.3 is 15.4 Å². The minimum absolute atomic E-state index is 0.0534. The molecule has 2 aromatic carbocycles. The lowest BCUT2D eigenvalue weighted by Gasteiger charge is -2.31. The monoisotopic (exact) mass is 438 g/mol. The van der Waals surface area contributed by atoms with E-state index in [2.05, 4.69) is 15.9 Å². The summed E-state index contributed by atoms with van der Waals surface area (Å²) in [5.41, 5.74) is 8.45. The van der Waals surface area contributed by atoms with E-state index in [0.717, 1.165) is 24.2 Å². The van der Waals surface area contributed by atoms with E-state index in [-0.39, 0.29) is 11.9 Å². The third kappa shape index (κ3) is 3.96. The Hall–Kier alpha value is -4.38. The zero-order valence-electron chi connectivity index (χ0n) is 17.9. The lowest BCUT2D eigenvalue weighted by molar-refractivity contribution is -0.126. The van der Waals surface area contributed by atoms with Crippen molar-refractivity contribution in [3.63, 3.8) is 0 Å². The van der Waals surface area contributed by atoms with Crippen LogP contribution >= 0.6 is 0 Å². The highest BCUT2D eigenvalue weighted by Gasteiger charge is 2.28. The number of hydrogen-bond acceptors (Lipinski definition) is 6. The SMILES string of the molecule is C#CC(=O)N1CCC[C@H](n2nc(-c3ccc(Oc4ccccc4)cc3)c3c(N)ncnc32)C1. The summed E-state index contributed by atoms with van der Waals surface area (Å²) in [6.07, 6.45) is 8.46. The Kier molecular flexibility index (Phi) is 5.37. The first-order valence-electron chi connectivity index (χ1n) is 10.7. The summed E-state index contributed by atoms with van der Waals surface area (Å²) < 4.78 is 7.75. The van der Waals surface area contributed by atoms with Crippen LogP contribution in [0, 0.1) is 12.3 Å². The molecule has 1 fully saturated rings. The summed E-state index contributed by atoms with van der Waals surface area (Å²) in [6.45, 7) is 1.12. The molecule has 5 rings (SSSR count). The summed E-state index contributed by atoms with van der Waals surface area (Å²) in [6, 6.07) is 17.2. The molecule has 4 aromatic rings. The first-order valence-corrected chi connectivity index (χ1v) is 10.7. The van der Waals surface area contributed by atoms with Gasteiger partial charge in [0.05, 0.1) is 11.4 Å². The van der Waals surface area contributed by atoms with E-state index in [9.17, 15) is 4.79 Å². The number of ether oxygens (including phenoxy) is 1. The fourth-order valence-electron chi connectivity index (χ4n) is 4.19. The zero-order chi connectivity index (χ0) is 22.8. The lowest BCUT2D eigenvalue weighted by Crippen LogP contribution is -2.40. The van der Waals surface area contributed by atoms with Crippen molar-refractivity contribution in [2.24, 2.45) is 0 Å². The number of carbonyl (C=O) groups excluding carboxylic acids is 1. The fourth-order valence-corrected chi connectivity index (χ4v) is 4.19. The van der Waals surface area contributed by atoms with E-state index in [1.807, 2.05) is 59.3 Å². The molecule has 0 unspecified atom stereocenters. The lowest BCUT2D eigenvalue weighted by atomic mass is 10.1. The number of para-hydroxylation sites is 1. The molecule has 0 bridgehead atoms. The number of anilines is 1. The summed E-state index contributed by atoms with van der Waals surface area (Å²) in [7, 11) is 0. The Balaban J connectivity index is 1.50. The van der Waals surface area contributed by atoms with Crippen LogP contribution < -0.4 is 10.5 Å². The minimum Gasteiger partial charge on any atom is -0.457 e. The molecule has 0 radical (unpaired) electrons. The molecule has 0 spiro atoms. The van der Waals surface area contributed by atoms with Gasteiger partial charge in [-0.3, -0.25) is 4.79 Å². The maximum absolute atomic E-state index is 12.1. The van der Waals surface area contributed by atoms with Crippen LogP contribution in [0.1, 0.15) is 18.9 Å². The number of nitrogens with two attached hydrogens (primary N) is 1. The molecule has 1 saturated heterocycles. The van der Waals surface area contributed by atoms with Crippen LogP contribution in [0.4, 0.5) is 5.82 Å². The van der Waals surface area contributed by atoms with E-state index < -0.39 is 0 Å². The van der Waals surface area contributed by atoms with Crippen molar-refractivity contribution in [3.8, 4) is 35.1 Å². The van der Waals surface area contributed by atoms with Gasteiger partial charge in [0, 0.05) is 18.7 Å². The molecule has 2 aromatic heterocycles. The third-order valence-electron chi connectivity index (χ3n) is 5.78. The van der Waals surface area contributed by atoms with Gasteiger partial charge in [0.25, 0.3) is 5.91 Å². The number of nitrogens with zero attached hydrogens (tertiary/aromatic N) is 5. The van der Waals surface area contributed by atoms with Gasteiger partial charge in [-0.05, 0) is 55.2 Å². The molecule has 8 heteroatoms. The maximum atomic E-state index is 12.1. The second-order valence-corrected chi connectivity index (χ2v) is 7.88. The summed E-state index contributed by atoms with van der Waals surface area (Å²) in [5.74, 6) is 3.74. The molecular weight excluding hydrogens is 416 g/mol. The van der Waals surface area contributed by atoms with Crippen molar-refractivity contribution in [3.05, 3.63) is 60.9 Å². The first kappa shape index (κ1) is 20.5. The highest BCUT2D eigenvalue weighted by atomic mass is 16.5. The van der Waals surface area contributed by atoms with Gasteiger partial charge in [-0.1, -0.05) is 18.2 Å². The molecule has 1 atom stereocenters. The molecule has 2 N–H and O–H groups in total. The second-order valence-electron chi connectivity index (χ2n) is 7.88. The largest absolute Gasteiger partial charge is 0.457 e. The molecular formula is C25H22N6O2. The number of amides is 1. The molecule has 33 heavy (non-hydrogen) atoms. The van der Waals surface area contributed by atoms with Gasteiger partial charge in [-0.15, -0.1) is 6.42 Å². The van der Waals surface area contributed by atoms with Crippen LogP contribution in [0.3, 0.4) is 0 Å². The molecule has 8 nitrogen and oxygen atoms in total. The van der Waals surface area contributed by atoms with Crippen molar-refractivity contribution < 1.29 is 9.53 Å². The van der Waals surface area contributed by atoms with Crippen LogP contribution in [0.5, 0.6) is 11.5 Å². The first-order chi connectivity index (χ1) is 16.1. The van der Waals surface area contributed by atoms with Crippen LogP contribution in [0.25, 0.3) is 22.3 Å². The highest BCUT2D eigenvalue weighted by Crippen LogP contribution is 2.34. The number of rotatable bonds is 4. The average Bonchev–Trinajstić information content (AvgIpc) is 3.26. The Morgan fingerprint density at radius 3 is 2.61 bits per heavy atom. The number of benzene rings is 2. The van der Waals surface area contributed by atoms with Crippen LogP contribution in [-0.4, -0.2) is 43.6 Å². The number of hydrogen-bond donors (Lipinski definition) is 1. The van der Waals surface area contributed by atoms with Crippen molar-refractivity contribution in [1.29, 1.82) is 0 Å². The van der Waals surface area contributed by atoms with Crippen LogP contribution in [-0.2, 0) is 4.79 Å². The normalized spacial score (nSPS) is 15.8. The average molecular weight is 438 g/mol. The van der Waals surface area contributed by atoms with Crippen molar-refractivity contribution >= 4 is 22.8 Å². The molecule has 1 amide bonds. The van der Waals surface area contributed by atoms with Gasteiger partial charge in [0.1, 0.15) is 29.3 Å². The van der Waals surface area contributed by atoms with E-state index in [4.69, 9.17) is 22.0 Å². The molecule has 0 saturated carbocycles. The molecule has 164 valence electrons. The predicted octanol–water partition coefficient (Wildman–Crippen LogP) is 3.66. The molecule has 1 aliphatic heterocycles. The Labute approximate surface area is 191 Å². The molecule has 0 aliphatic carbocycles. The number of aromatic nitrogens is 4. The van der Waals surface area contributed by atoms with Crippen molar-refractivity contribution in [2.75, 3.05) is 18.8 Å². The van der Waals surface area contributed by atoms with Crippen molar-refractivity contribution in [1.82, 2.24) is 24.6 Å². The van der Waals surface area contributed by atoms with Crippen molar-refractivity contribution in [2.45, 2.75) is 18.9 Å². The standard InChI is InChI=1S/C25H22N6O2/c1-2-21(32)30-14-6-7-18(15-30)31-25-22(24(26)27-16-28-25)23(29-31)17-10-12-20(13-11-17)33-19-8-4-3-5-9-19/h1,3-5,8-13,16,18H,6-7,14-15H2,(H2,26,27,28)/t18-/m0/s1. The van der Waals surface area contributed by atoms with Gasteiger partial charge in [-0.2, -0.15) is 5.10 Å². The number of nitrogen functional groups attached to an aromatic ring is 1. The number of fused-ring (bicyclic) bond motifs is 1. The quantitative estimate of drug-likeness (QED) is 0.488. The number of likely N-dealkylation sites (tertiary alicyclic amines) is 1. The zero-order valence-corrected chi connectivity index (χ0v) is 17.9. The van der Waals surface area contributed by atoms with E-state index >= 15 is 0 Å².